The summed E-state index contributed by atoms with van der Waals surface area (Å²) in [6, 6.07) is 21.8. The maximum atomic E-state index is 10.3. The van der Waals surface area contributed by atoms with Gasteiger partial charge in [0.2, 0.25) is 0 Å². The van der Waals surface area contributed by atoms with Crippen molar-refractivity contribution in [1.82, 2.24) is 0 Å². The summed E-state index contributed by atoms with van der Waals surface area (Å²) in [4.78, 5) is 20.7. The van der Waals surface area contributed by atoms with Gasteiger partial charge in [0.25, 0.3) is 0 Å². The van der Waals surface area contributed by atoms with Crippen LogP contribution < -0.4 is 5.32 Å². The molecule has 3 rings (SSSR count). The van der Waals surface area contributed by atoms with Crippen molar-refractivity contribution in [3.05, 3.63) is 101 Å². The van der Waals surface area contributed by atoms with Crippen molar-refractivity contribution in [3.63, 3.8) is 0 Å². The Balaban J connectivity index is 0.000000209. The van der Waals surface area contributed by atoms with Gasteiger partial charge in [0.1, 0.15) is 0 Å². The minimum atomic E-state index is -1.06. The van der Waals surface area contributed by atoms with E-state index in [-0.39, 0.29) is 11.1 Å². The number of benzene rings is 3. The van der Waals surface area contributed by atoms with E-state index in [1.165, 1.54) is 46.6 Å². The lowest BCUT2D eigenvalue weighted by Gasteiger charge is -2.11. The largest absolute Gasteiger partial charge is 0.478 e. The van der Waals surface area contributed by atoms with Gasteiger partial charge in [-0.05, 0) is 60.9 Å². The molecule has 0 aliphatic heterocycles. The average molecular weight is 377 g/mol. The number of aromatic carboxylic acids is 2. The Bertz CT molecular complexity index is 902. The summed E-state index contributed by atoms with van der Waals surface area (Å²) in [6.45, 7) is 5.18. The van der Waals surface area contributed by atoms with E-state index >= 15 is 0 Å². The fourth-order valence-electron chi connectivity index (χ4n) is 2.49. The van der Waals surface area contributed by atoms with Crippen LogP contribution in [-0.2, 0) is 6.54 Å². The lowest BCUT2D eigenvalue weighted by Crippen LogP contribution is -2.01. The summed E-state index contributed by atoms with van der Waals surface area (Å²) in [5.74, 6) is -2.13. The molecule has 0 bridgehead atoms. The van der Waals surface area contributed by atoms with Crippen LogP contribution >= 0.6 is 0 Å². The molecule has 144 valence electrons. The average Bonchev–Trinajstić information content (AvgIpc) is 2.70. The predicted octanol–water partition coefficient (Wildman–Crippen LogP) is 5.00. The van der Waals surface area contributed by atoms with E-state index < -0.39 is 11.9 Å². The van der Waals surface area contributed by atoms with Crippen LogP contribution in [0.5, 0.6) is 0 Å². The van der Waals surface area contributed by atoms with Gasteiger partial charge in [0.05, 0.1) is 11.1 Å². The third-order valence-corrected chi connectivity index (χ3v) is 4.31. The van der Waals surface area contributed by atoms with Crippen LogP contribution in [0.4, 0.5) is 5.69 Å². The van der Waals surface area contributed by atoms with Crippen LogP contribution in [0.2, 0.25) is 0 Å². The van der Waals surface area contributed by atoms with Gasteiger partial charge in [-0.2, -0.15) is 0 Å². The highest BCUT2D eigenvalue weighted by atomic mass is 16.4. The highest BCUT2D eigenvalue weighted by Gasteiger charge is 2.05. The second-order valence-corrected chi connectivity index (χ2v) is 6.27. The van der Waals surface area contributed by atoms with E-state index in [1.54, 1.807) is 0 Å². The Morgan fingerprint density at radius 3 is 1.79 bits per heavy atom. The van der Waals surface area contributed by atoms with Crippen molar-refractivity contribution in [2.24, 2.45) is 0 Å². The lowest BCUT2D eigenvalue weighted by molar-refractivity contribution is 0.0681. The standard InChI is InChI=1S/C15H17N.C8H6O4/c1-12-7-6-10-15(13(12)2)16-11-14-8-4-3-5-9-14;9-7(10)5-1-2-6(4-3-5)8(11)12/h3-10,16H,11H2,1-2H3;1-4H,(H,9,10)(H,11,12). The first kappa shape index (κ1) is 20.7. The van der Waals surface area contributed by atoms with Gasteiger partial charge in [-0.15, -0.1) is 0 Å². The molecule has 5 heteroatoms. The molecule has 0 aliphatic carbocycles. The summed E-state index contributed by atoms with van der Waals surface area (Å²) < 4.78 is 0. The molecule has 0 radical (unpaired) electrons. The van der Waals surface area contributed by atoms with E-state index in [1.807, 2.05) is 6.07 Å². The Morgan fingerprint density at radius 2 is 1.29 bits per heavy atom. The topological polar surface area (TPSA) is 86.6 Å². The van der Waals surface area contributed by atoms with Gasteiger partial charge in [-0.1, -0.05) is 42.5 Å². The quantitative estimate of drug-likeness (QED) is 0.582. The predicted molar refractivity (Wildman–Crippen MR) is 110 cm³/mol. The maximum Gasteiger partial charge on any atom is 0.335 e. The molecule has 0 fully saturated rings. The smallest absolute Gasteiger partial charge is 0.335 e. The highest BCUT2D eigenvalue weighted by molar-refractivity contribution is 5.91. The zero-order valence-corrected chi connectivity index (χ0v) is 15.8. The van der Waals surface area contributed by atoms with E-state index in [9.17, 15) is 9.59 Å². The Labute approximate surface area is 164 Å². The number of carboxylic acids is 2. The molecular formula is C23H23NO4. The normalized spacial score (nSPS) is 9.79. The zero-order valence-electron chi connectivity index (χ0n) is 15.8. The molecule has 0 atom stereocenters. The summed E-state index contributed by atoms with van der Waals surface area (Å²) in [5, 5.41) is 20.4. The van der Waals surface area contributed by atoms with E-state index in [2.05, 4.69) is 61.6 Å². The molecular weight excluding hydrogens is 354 g/mol. The zero-order chi connectivity index (χ0) is 20.5. The number of hydrogen-bond acceptors (Lipinski definition) is 3. The highest BCUT2D eigenvalue weighted by Crippen LogP contribution is 2.18. The lowest BCUT2D eigenvalue weighted by atomic mass is 10.1. The van der Waals surface area contributed by atoms with Crippen molar-refractivity contribution in [2.75, 3.05) is 5.32 Å². The van der Waals surface area contributed by atoms with Gasteiger partial charge in [0.15, 0.2) is 0 Å². The third kappa shape index (κ3) is 5.99. The number of hydrogen-bond donors (Lipinski definition) is 3. The minimum absolute atomic E-state index is 0.0833. The Kier molecular flexibility index (Phi) is 7.34. The van der Waals surface area contributed by atoms with Crippen LogP contribution in [0.1, 0.15) is 37.4 Å². The molecule has 3 aromatic rings. The molecule has 0 saturated carbocycles. The molecule has 5 nitrogen and oxygen atoms in total. The van der Waals surface area contributed by atoms with Crippen molar-refractivity contribution < 1.29 is 19.8 Å². The number of nitrogens with one attached hydrogen (secondary N) is 1. The maximum absolute atomic E-state index is 10.3. The van der Waals surface area contributed by atoms with Crippen LogP contribution in [0.15, 0.2) is 72.8 Å². The molecule has 0 unspecified atom stereocenters. The van der Waals surface area contributed by atoms with Gasteiger partial charge in [0, 0.05) is 12.2 Å². The fraction of sp³-hybridized carbons (Fsp3) is 0.130. The molecule has 0 heterocycles. The van der Waals surface area contributed by atoms with Crippen molar-refractivity contribution in [3.8, 4) is 0 Å². The third-order valence-electron chi connectivity index (χ3n) is 4.31. The van der Waals surface area contributed by atoms with Crippen molar-refractivity contribution >= 4 is 17.6 Å². The van der Waals surface area contributed by atoms with Crippen molar-refractivity contribution in [2.45, 2.75) is 20.4 Å². The second kappa shape index (κ2) is 9.92. The monoisotopic (exact) mass is 377 g/mol. The van der Waals surface area contributed by atoms with Crippen LogP contribution in [-0.4, -0.2) is 22.2 Å². The van der Waals surface area contributed by atoms with Gasteiger partial charge >= 0.3 is 11.9 Å². The van der Waals surface area contributed by atoms with E-state index in [0.717, 1.165) is 6.54 Å². The minimum Gasteiger partial charge on any atom is -0.478 e. The summed E-state index contributed by atoms with van der Waals surface area (Å²) >= 11 is 0. The van der Waals surface area contributed by atoms with Crippen LogP contribution in [0.3, 0.4) is 0 Å². The first-order chi connectivity index (χ1) is 13.4. The van der Waals surface area contributed by atoms with Crippen molar-refractivity contribution in [1.29, 1.82) is 0 Å². The first-order valence-corrected chi connectivity index (χ1v) is 8.79. The van der Waals surface area contributed by atoms with Gasteiger partial charge in [-0.25, -0.2) is 9.59 Å². The fourth-order valence-corrected chi connectivity index (χ4v) is 2.49. The molecule has 0 aliphatic rings. The Morgan fingerprint density at radius 1 is 0.750 bits per heavy atom. The SMILES string of the molecule is Cc1cccc(NCc2ccccc2)c1C.O=C(O)c1ccc(C(=O)O)cc1. The molecule has 0 saturated heterocycles. The Hall–Kier alpha value is -3.60. The first-order valence-electron chi connectivity index (χ1n) is 8.79. The summed E-state index contributed by atoms with van der Waals surface area (Å²) in [6.07, 6.45) is 0. The van der Waals surface area contributed by atoms with E-state index in [0.29, 0.717) is 0 Å². The summed E-state index contributed by atoms with van der Waals surface area (Å²) in [7, 11) is 0. The number of rotatable bonds is 5. The van der Waals surface area contributed by atoms with Crippen LogP contribution in [0.25, 0.3) is 0 Å². The van der Waals surface area contributed by atoms with Gasteiger partial charge in [-0.3, -0.25) is 0 Å². The summed E-state index contributed by atoms with van der Waals surface area (Å²) in [5.41, 5.74) is 5.36. The second-order valence-electron chi connectivity index (χ2n) is 6.27. The number of carboxylic acid groups (broad SMARTS) is 2. The number of anilines is 1. The molecule has 0 aromatic heterocycles. The van der Waals surface area contributed by atoms with E-state index in [4.69, 9.17) is 10.2 Å². The molecule has 3 aromatic carbocycles. The number of carbonyl (C=O) groups is 2. The molecule has 0 amide bonds. The van der Waals surface area contributed by atoms with Gasteiger partial charge < -0.3 is 15.5 Å². The number of aryl methyl sites for hydroxylation is 1. The molecule has 28 heavy (non-hydrogen) atoms. The molecule has 3 N–H and O–H groups in total. The van der Waals surface area contributed by atoms with Crippen LogP contribution in [0, 0.1) is 13.8 Å². The molecule has 0 spiro atoms.